The maximum atomic E-state index is 5.88. The van der Waals surface area contributed by atoms with Gasteiger partial charge in [-0.1, -0.05) is 71.2 Å². The Balaban J connectivity index is 1.47. The van der Waals surface area contributed by atoms with Crippen molar-refractivity contribution in [1.29, 1.82) is 0 Å². The van der Waals surface area contributed by atoms with E-state index in [1.54, 1.807) is 0 Å². The van der Waals surface area contributed by atoms with Crippen LogP contribution in [0.1, 0.15) is 109 Å². The third kappa shape index (κ3) is 11.5. The molecule has 4 unspecified atom stereocenters. The largest absolute Gasteiger partial charge is 0.465 e. The highest BCUT2D eigenvalue weighted by Crippen LogP contribution is 2.23. The van der Waals surface area contributed by atoms with E-state index in [1.807, 2.05) is 38.1 Å². The first-order chi connectivity index (χ1) is 16.9. The Morgan fingerprint density at radius 3 is 1.20 bits per heavy atom. The Labute approximate surface area is 214 Å². The lowest BCUT2D eigenvalue weighted by molar-refractivity contribution is -0.0687. The van der Waals surface area contributed by atoms with Crippen molar-refractivity contribution in [3.63, 3.8) is 0 Å². The van der Waals surface area contributed by atoms with Crippen molar-refractivity contribution < 1.29 is 18.9 Å². The van der Waals surface area contributed by atoms with Gasteiger partial charge >= 0.3 is 0 Å². The van der Waals surface area contributed by atoms with E-state index in [4.69, 9.17) is 18.9 Å². The molecule has 0 saturated heterocycles. The van der Waals surface area contributed by atoms with Gasteiger partial charge in [0.25, 0.3) is 0 Å². The fourth-order valence-electron chi connectivity index (χ4n) is 3.91. The quantitative estimate of drug-likeness (QED) is 0.156. The molecular formula is C31H48O4. The SMILES string of the molecule is CCC(C)c1ccc(OC(C)OCCCCCCCOC(C)Oc2ccc(C(C)CC)cc2)cc1. The predicted molar refractivity (Wildman–Crippen MR) is 145 cm³/mol. The molecule has 35 heavy (non-hydrogen) atoms. The summed E-state index contributed by atoms with van der Waals surface area (Å²) in [7, 11) is 0. The predicted octanol–water partition coefficient (Wildman–Crippen LogP) is 8.85. The minimum atomic E-state index is -0.231. The van der Waals surface area contributed by atoms with Crippen LogP contribution in [0.3, 0.4) is 0 Å². The second-order valence-electron chi connectivity index (χ2n) is 9.64. The van der Waals surface area contributed by atoms with Crippen LogP contribution in [0.2, 0.25) is 0 Å². The number of rotatable bonds is 18. The fourth-order valence-corrected chi connectivity index (χ4v) is 3.91. The standard InChI is InChI=1S/C31H48O4/c1-7-24(3)28-14-18-30(19-15-28)34-26(5)32-22-12-10-9-11-13-23-33-27(6)35-31-20-16-29(17-21-31)25(4)8-2/h14-21,24-27H,7-13,22-23H2,1-6H3. The van der Waals surface area contributed by atoms with Crippen molar-refractivity contribution in [2.45, 2.75) is 111 Å². The van der Waals surface area contributed by atoms with Crippen molar-refractivity contribution >= 4 is 0 Å². The average Bonchev–Trinajstić information content (AvgIpc) is 2.87. The third-order valence-electron chi connectivity index (χ3n) is 6.72. The third-order valence-corrected chi connectivity index (χ3v) is 6.72. The molecule has 0 bridgehead atoms. The molecule has 196 valence electrons. The molecule has 2 aromatic rings. The molecule has 4 heteroatoms. The van der Waals surface area contributed by atoms with Crippen molar-refractivity contribution in [3.8, 4) is 11.5 Å². The highest BCUT2D eigenvalue weighted by molar-refractivity contribution is 5.30. The zero-order valence-corrected chi connectivity index (χ0v) is 22.9. The van der Waals surface area contributed by atoms with Gasteiger partial charge in [0.15, 0.2) is 12.6 Å². The van der Waals surface area contributed by atoms with Crippen LogP contribution in [0.5, 0.6) is 11.5 Å². The van der Waals surface area contributed by atoms with Gasteiger partial charge in [-0.05, 0) is 86.8 Å². The molecule has 0 aliphatic heterocycles. The van der Waals surface area contributed by atoms with E-state index < -0.39 is 0 Å². The van der Waals surface area contributed by atoms with Crippen LogP contribution in [-0.2, 0) is 9.47 Å². The molecule has 4 atom stereocenters. The van der Waals surface area contributed by atoms with Gasteiger partial charge in [0, 0.05) is 0 Å². The lowest BCUT2D eigenvalue weighted by Gasteiger charge is -2.17. The van der Waals surface area contributed by atoms with E-state index >= 15 is 0 Å². The first-order valence-electron chi connectivity index (χ1n) is 13.7. The second-order valence-corrected chi connectivity index (χ2v) is 9.64. The van der Waals surface area contributed by atoms with Gasteiger partial charge in [0.1, 0.15) is 11.5 Å². The van der Waals surface area contributed by atoms with Gasteiger partial charge in [-0.2, -0.15) is 0 Å². The molecule has 0 saturated carbocycles. The molecule has 0 fully saturated rings. The summed E-state index contributed by atoms with van der Waals surface area (Å²) in [5.41, 5.74) is 2.71. The van der Waals surface area contributed by atoms with Crippen LogP contribution in [0.25, 0.3) is 0 Å². The topological polar surface area (TPSA) is 36.9 Å². The highest BCUT2D eigenvalue weighted by Gasteiger charge is 2.08. The Bertz CT molecular complexity index is 719. The molecule has 2 aromatic carbocycles. The van der Waals surface area contributed by atoms with E-state index in [0.717, 1.165) is 63.2 Å². The summed E-state index contributed by atoms with van der Waals surface area (Å²) in [4.78, 5) is 0. The van der Waals surface area contributed by atoms with Crippen LogP contribution >= 0.6 is 0 Å². The molecule has 0 radical (unpaired) electrons. The Morgan fingerprint density at radius 1 is 0.514 bits per heavy atom. The van der Waals surface area contributed by atoms with Crippen LogP contribution < -0.4 is 9.47 Å². The van der Waals surface area contributed by atoms with E-state index in [0.29, 0.717) is 11.8 Å². The number of hydrogen-bond donors (Lipinski definition) is 0. The Hall–Kier alpha value is -2.04. The fraction of sp³-hybridized carbons (Fsp3) is 0.613. The summed E-state index contributed by atoms with van der Waals surface area (Å²) >= 11 is 0. The normalized spacial score (nSPS) is 14.8. The first-order valence-corrected chi connectivity index (χ1v) is 13.7. The summed E-state index contributed by atoms with van der Waals surface area (Å²) in [6.07, 6.45) is 7.43. The number of hydrogen-bond acceptors (Lipinski definition) is 4. The summed E-state index contributed by atoms with van der Waals surface area (Å²) in [6, 6.07) is 16.8. The monoisotopic (exact) mass is 484 g/mol. The van der Waals surface area contributed by atoms with Crippen LogP contribution in [0.4, 0.5) is 0 Å². The van der Waals surface area contributed by atoms with Crippen molar-refractivity contribution in [2.75, 3.05) is 13.2 Å². The summed E-state index contributed by atoms with van der Waals surface area (Å²) in [6.45, 7) is 14.3. The number of ether oxygens (including phenoxy) is 4. The van der Waals surface area contributed by atoms with Gasteiger partial charge in [-0.3, -0.25) is 0 Å². The molecule has 0 heterocycles. The van der Waals surface area contributed by atoms with Crippen LogP contribution in [-0.4, -0.2) is 25.8 Å². The average molecular weight is 485 g/mol. The zero-order chi connectivity index (χ0) is 25.5. The lowest BCUT2D eigenvalue weighted by Crippen LogP contribution is -2.17. The van der Waals surface area contributed by atoms with E-state index in [9.17, 15) is 0 Å². The first kappa shape index (κ1) is 29.2. The number of unbranched alkanes of at least 4 members (excludes halogenated alkanes) is 4. The molecule has 0 aliphatic carbocycles. The molecule has 0 aliphatic rings. The Kier molecular flexibility index (Phi) is 13.8. The minimum absolute atomic E-state index is 0.231. The highest BCUT2D eigenvalue weighted by atomic mass is 16.7. The van der Waals surface area contributed by atoms with Crippen LogP contribution in [0, 0.1) is 0 Å². The molecular weight excluding hydrogens is 436 g/mol. The summed E-state index contributed by atoms with van der Waals surface area (Å²) in [5.74, 6) is 2.90. The van der Waals surface area contributed by atoms with E-state index in [1.165, 1.54) is 17.5 Å². The van der Waals surface area contributed by atoms with Gasteiger partial charge in [0.05, 0.1) is 13.2 Å². The summed E-state index contributed by atoms with van der Waals surface area (Å²) in [5, 5.41) is 0. The maximum Gasteiger partial charge on any atom is 0.196 e. The lowest BCUT2D eigenvalue weighted by atomic mass is 9.99. The van der Waals surface area contributed by atoms with E-state index in [-0.39, 0.29) is 12.6 Å². The molecule has 0 spiro atoms. The van der Waals surface area contributed by atoms with Gasteiger partial charge in [0.2, 0.25) is 0 Å². The molecule has 0 amide bonds. The van der Waals surface area contributed by atoms with Crippen molar-refractivity contribution in [1.82, 2.24) is 0 Å². The van der Waals surface area contributed by atoms with Crippen LogP contribution in [0.15, 0.2) is 48.5 Å². The van der Waals surface area contributed by atoms with Gasteiger partial charge in [-0.15, -0.1) is 0 Å². The minimum Gasteiger partial charge on any atom is -0.465 e. The van der Waals surface area contributed by atoms with Gasteiger partial charge < -0.3 is 18.9 Å². The molecule has 4 nitrogen and oxygen atoms in total. The Morgan fingerprint density at radius 2 is 0.857 bits per heavy atom. The van der Waals surface area contributed by atoms with Crippen molar-refractivity contribution in [3.05, 3.63) is 59.7 Å². The molecule has 2 rings (SSSR count). The van der Waals surface area contributed by atoms with Crippen molar-refractivity contribution in [2.24, 2.45) is 0 Å². The summed E-state index contributed by atoms with van der Waals surface area (Å²) < 4.78 is 23.4. The van der Waals surface area contributed by atoms with E-state index in [2.05, 4.69) is 52.0 Å². The molecule has 0 aromatic heterocycles. The maximum absolute atomic E-state index is 5.88. The second kappa shape index (κ2) is 16.6. The zero-order valence-electron chi connectivity index (χ0n) is 22.9. The number of benzene rings is 2. The van der Waals surface area contributed by atoms with Gasteiger partial charge in [-0.25, -0.2) is 0 Å². The smallest absolute Gasteiger partial charge is 0.196 e. The molecule has 0 N–H and O–H groups in total.